The predicted octanol–water partition coefficient (Wildman–Crippen LogP) is 3.30. The molecular weight excluding hydrogens is 498 g/mol. The number of rotatable bonds is 3. The van der Waals surface area contributed by atoms with Crippen LogP contribution in [0.4, 0.5) is 5.13 Å². The third-order valence-electron chi connectivity index (χ3n) is 8.12. The largest absolute Gasteiger partial charge is 0.494 e. The van der Waals surface area contributed by atoms with Crippen LogP contribution in [0.3, 0.4) is 0 Å². The Bertz CT molecular complexity index is 1210. The zero-order valence-corrected chi connectivity index (χ0v) is 22.8. The van der Waals surface area contributed by atoms with Crippen molar-refractivity contribution in [3.8, 4) is 5.75 Å². The van der Waals surface area contributed by atoms with Crippen LogP contribution in [-0.2, 0) is 30.7 Å². The van der Waals surface area contributed by atoms with E-state index in [-0.39, 0.29) is 5.91 Å². The van der Waals surface area contributed by atoms with Crippen LogP contribution in [0.15, 0.2) is 36.7 Å². The van der Waals surface area contributed by atoms with Crippen LogP contribution in [0.2, 0.25) is 0 Å². The van der Waals surface area contributed by atoms with Crippen molar-refractivity contribution in [2.45, 2.75) is 58.0 Å². The number of piperidine rings is 1. The maximum absolute atomic E-state index is 13.7. The first-order chi connectivity index (χ1) is 18.6. The fraction of sp³-hybridized carbons (Fsp3) is 0.571. The van der Waals surface area contributed by atoms with Gasteiger partial charge in [-0.1, -0.05) is 17.3 Å². The normalized spacial score (nSPS) is 20.8. The summed E-state index contributed by atoms with van der Waals surface area (Å²) in [6, 6.07) is 8.20. The lowest BCUT2D eigenvalue weighted by atomic mass is 9.74. The van der Waals surface area contributed by atoms with Crippen molar-refractivity contribution < 1.29 is 9.53 Å². The number of hydrogen-bond donors (Lipinski definition) is 1. The highest BCUT2D eigenvalue weighted by Crippen LogP contribution is 2.36. The van der Waals surface area contributed by atoms with Crippen molar-refractivity contribution >= 4 is 22.4 Å². The third kappa shape index (κ3) is 5.86. The van der Waals surface area contributed by atoms with Crippen molar-refractivity contribution in [2.24, 2.45) is 5.41 Å². The number of nitrogens with zero attached hydrogens (tertiary/aromatic N) is 6. The SMILES string of the molecule is O=C1NCCc2ccc(cc2)OCCCn2cc(nn2)CC12CCN(Cc1cnc(N3CCCC3)s1)CC2. The van der Waals surface area contributed by atoms with E-state index in [0.717, 1.165) is 81.5 Å². The molecule has 2 aromatic heterocycles. The van der Waals surface area contributed by atoms with Crippen molar-refractivity contribution in [3.63, 3.8) is 0 Å². The number of nitrogens with one attached hydrogen (secondary N) is 1. The molecule has 0 saturated carbocycles. The van der Waals surface area contributed by atoms with Crippen molar-refractivity contribution in [1.82, 2.24) is 30.2 Å². The molecule has 4 aliphatic heterocycles. The Kier molecular flexibility index (Phi) is 7.60. The van der Waals surface area contributed by atoms with Gasteiger partial charge in [0.1, 0.15) is 5.75 Å². The molecule has 0 aliphatic carbocycles. The quantitative estimate of drug-likeness (QED) is 0.551. The van der Waals surface area contributed by atoms with Crippen LogP contribution < -0.4 is 15.0 Å². The highest BCUT2D eigenvalue weighted by atomic mass is 32.1. The second kappa shape index (κ2) is 11.4. The van der Waals surface area contributed by atoms with Gasteiger partial charge in [-0.15, -0.1) is 16.4 Å². The number of carbonyl (C=O) groups excluding carboxylic acids is 1. The van der Waals surface area contributed by atoms with E-state index in [9.17, 15) is 4.79 Å². The summed E-state index contributed by atoms with van der Waals surface area (Å²) in [4.78, 5) is 24.6. The Hall–Kier alpha value is -2.98. The molecule has 1 amide bonds. The van der Waals surface area contributed by atoms with Crippen LogP contribution >= 0.6 is 11.3 Å². The first kappa shape index (κ1) is 25.3. The summed E-state index contributed by atoms with van der Waals surface area (Å²) in [7, 11) is 0. The minimum absolute atomic E-state index is 0.144. The highest BCUT2D eigenvalue weighted by molar-refractivity contribution is 7.15. The smallest absolute Gasteiger partial charge is 0.226 e. The number of hydrogen-bond acceptors (Lipinski definition) is 8. The van der Waals surface area contributed by atoms with Gasteiger partial charge in [0.15, 0.2) is 5.13 Å². The number of aromatic nitrogens is 4. The molecule has 0 unspecified atom stereocenters. The summed E-state index contributed by atoms with van der Waals surface area (Å²) in [5.41, 5.74) is 1.63. The van der Waals surface area contributed by atoms with E-state index >= 15 is 0 Å². The van der Waals surface area contributed by atoms with Gasteiger partial charge in [-0.3, -0.25) is 14.4 Å². The molecule has 1 N–H and O–H groups in total. The molecule has 4 aliphatic rings. The van der Waals surface area contributed by atoms with Crippen molar-refractivity contribution in [3.05, 3.63) is 52.8 Å². The van der Waals surface area contributed by atoms with Crippen LogP contribution in [0.1, 0.15) is 48.2 Å². The number of likely N-dealkylation sites (tertiary alicyclic amines) is 1. The minimum atomic E-state index is -0.466. The van der Waals surface area contributed by atoms with Crippen LogP contribution in [-0.4, -0.2) is 70.1 Å². The maximum Gasteiger partial charge on any atom is 0.226 e. The summed E-state index contributed by atoms with van der Waals surface area (Å²) in [5.74, 6) is 1.02. The first-order valence-electron chi connectivity index (χ1n) is 14.0. The number of ether oxygens (including phenoxy) is 1. The first-order valence-corrected chi connectivity index (χ1v) is 14.8. The Labute approximate surface area is 228 Å². The van der Waals surface area contributed by atoms with Gasteiger partial charge in [-0.25, -0.2) is 4.98 Å². The fourth-order valence-electron chi connectivity index (χ4n) is 5.82. The molecule has 1 spiro atoms. The number of thiazole rings is 1. The zero-order valence-electron chi connectivity index (χ0n) is 22.0. The molecule has 0 radical (unpaired) electrons. The van der Waals surface area contributed by atoms with Crippen molar-refractivity contribution in [1.29, 1.82) is 0 Å². The number of benzene rings is 1. The number of aryl methyl sites for hydroxylation is 1. The van der Waals surface area contributed by atoms with E-state index in [1.54, 1.807) is 0 Å². The monoisotopic (exact) mass is 535 g/mol. The molecule has 3 aromatic rings. The van der Waals surface area contributed by atoms with Gasteiger partial charge in [0.25, 0.3) is 0 Å². The summed E-state index contributed by atoms with van der Waals surface area (Å²) in [5, 5.41) is 13.2. The number of anilines is 1. The summed E-state index contributed by atoms with van der Waals surface area (Å²) >= 11 is 1.82. The second-order valence-corrected chi connectivity index (χ2v) is 12.0. The van der Waals surface area contributed by atoms with Gasteiger partial charge >= 0.3 is 0 Å². The molecule has 10 heteroatoms. The van der Waals surface area contributed by atoms with Gasteiger partial charge in [-0.2, -0.15) is 0 Å². The zero-order chi connectivity index (χ0) is 25.8. The average molecular weight is 536 g/mol. The maximum atomic E-state index is 13.7. The lowest BCUT2D eigenvalue weighted by Gasteiger charge is -2.40. The number of amides is 1. The standard InChI is InChI=1S/C28H37N7O2S/c36-26-28(9-15-33(16-10-28)21-25-19-30-27(38-25)34-12-1-2-13-34)18-23-20-35(32-31-23)14-3-17-37-24-6-4-22(5-7-24)8-11-29-26/h4-7,19-20H,1-3,8-18,21H2,(H,29,36). The molecule has 1 aromatic carbocycles. The van der Waals surface area contributed by atoms with Crippen LogP contribution in [0.25, 0.3) is 0 Å². The number of carbonyl (C=O) groups is 1. The average Bonchev–Trinajstić information content (AvgIpc) is 3.71. The van der Waals surface area contributed by atoms with Gasteiger partial charge in [0.05, 0.1) is 17.7 Å². The van der Waals surface area contributed by atoms with E-state index in [1.807, 2.05) is 40.5 Å². The molecule has 4 bridgehead atoms. The lowest BCUT2D eigenvalue weighted by Crippen LogP contribution is -2.50. The Balaban J connectivity index is 1.14. The van der Waals surface area contributed by atoms with E-state index in [2.05, 4.69) is 37.6 Å². The summed E-state index contributed by atoms with van der Waals surface area (Å²) < 4.78 is 7.76. The topological polar surface area (TPSA) is 88.4 Å². The van der Waals surface area contributed by atoms with E-state index in [0.29, 0.717) is 19.6 Å². The fourth-order valence-corrected chi connectivity index (χ4v) is 6.82. The van der Waals surface area contributed by atoms with Crippen molar-refractivity contribution in [2.75, 3.05) is 44.2 Å². The molecule has 38 heavy (non-hydrogen) atoms. The van der Waals surface area contributed by atoms with Crippen LogP contribution in [0, 0.1) is 5.41 Å². The van der Waals surface area contributed by atoms with E-state index in [1.165, 1.54) is 23.3 Å². The molecule has 2 fully saturated rings. The van der Waals surface area contributed by atoms with Gasteiger partial charge in [-0.05, 0) is 62.9 Å². The molecular formula is C28H37N7O2S. The van der Waals surface area contributed by atoms with Crippen LogP contribution in [0.5, 0.6) is 5.75 Å². The van der Waals surface area contributed by atoms with E-state index < -0.39 is 5.41 Å². The minimum Gasteiger partial charge on any atom is -0.494 e. The summed E-state index contributed by atoms with van der Waals surface area (Å²) in [6.07, 6.45) is 10.5. The summed E-state index contributed by atoms with van der Waals surface area (Å²) in [6.45, 7) is 6.92. The molecule has 0 atom stereocenters. The van der Waals surface area contributed by atoms with Gasteiger partial charge in [0.2, 0.25) is 5.91 Å². The Morgan fingerprint density at radius 2 is 1.84 bits per heavy atom. The molecule has 2 saturated heterocycles. The molecule has 202 valence electrons. The molecule has 9 nitrogen and oxygen atoms in total. The third-order valence-corrected chi connectivity index (χ3v) is 9.16. The van der Waals surface area contributed by atoms with Gasteiger partial charge in [0, 0.05) is 62.8 Å². The van der Waals surface area contributed by atoms with Gasteiger partial charge < -0.3 is 15.0 Å². The van der Waals surface area contributed by atoms with E-state index in [4.69, 9.17) is 9.72 Å². The Morgan fingerprint density at radius 1 is 1.03 bits per heavy atom. The molecule has 7 rings (SSSR count). The lowest BCUT2D eigenvalue weighted by molar-refractivity contribution is -0.134. The number of fused-ring (bicyclic) bond motifs is 8. The molecule has 6 heterocycles. The highest BCUT2D eigenvalue weighted by Gasteiger charge is 2.42. The Morgan fingerprint density at radius 3 is 2.66 bits per heavy atom. The second-order valence-electron chi connectivity index (χ2n) is 10.9. The predicted molar refractivity (Wildman–Crippen MR) is 147 cm³/mol.